The highest BCUT2D eigenvalue weighted by atomic mass is 32.1. The van der Waals surface area contributed by atoms with Crippen molar-refractivity contribution in [1.82, 2.24) is 5.32 Å². The Kier molecular flexibility index (Phi) is 4.70. The number of thiophene rings is 2. The molecule has 0 aromatic carbocycles. The van der Waals surface area contributed by atoms with Crippen molar-refractivity contribution in [3.63, 3.8) is 0 Å². The zero-order chi connectivity index (χ0) is 14.7. The molecule has 0 saturated carbocycles. The first-order chi connectivity index (χ1) is 10.2. The van der Waals surface area contributed by atoms with Crippen LogP contribution in [0.1, 0.15) is 17.4 Å². The maximum atomic E-state index is 11.9. The quantitative estimate of drug-likeness (QED) is 0.889. The van der Waals surface area contributed by atoms with Crippen LogP contribution in [0.4, 0.5) is 0 Å². The predicted molar refractivity (Wildman–Crippen MR) is 84.5 cm³/mol. The lowest BCUT2D eigenvalue weighted by atomic mass is 10.1. The van der Waals surface area contributed by atoms with Crippen molar-refractivity contribution < 1.29 is 14.6 Å². The molecule has 1 saturated heterocycles. The molecule has 21 heavy (non-hydrogen) atoms. The number of hydrogen-bond donors (Lipinski definition) is 2. The molecular weight excluding hydrogens is 306 g/mol. The van der Waals surface area contributed by atoms with Gasteiger partial charge in [-0.05, 0) is 30.0 Å². The van der Waals surface area contributed by atoms with Gasteiger partial charge in [0.2, 0.25) is 5.91 Å². The molecule has 3 heterocycles. The van der Waals surface area contributed by atoms with Crippen molar-refractivity contribution in [3.8, 4) is 9.75 Å². The second-order valence-electron chi connectivity index (χ2n) is 5.00. The Balaban J connectivity index is 1.55. The van der Waals surface area contributed by atoms with E-state index in [0.29, 0.717) is 13.2 Å². The van der Waals surface area contributed by atoms with E-state index >= 15 is 0 Å². The number of aliphatic hydroxyl groups is 1. The number of ether oxygens (including phenoxy) is 1. The van der Waals surface area contributed by atoms with Crippen LogP contribution in [0.2, 0.25) is 0 Å². The van der Waals surface area contributed by atoms with E-state index in [2.05, 4.69) is 11.4 Å². The maximum Gasteiger partial charge on any atom is 0.225 e. The van der Waals surface area contributed by atoms with Gasteiger partial charge in [-0.1, -0.05) is 6.07 Å². The molecule has 2 atom stereocenters. The molecule has 4 nitrogen and oxygen atoms in total. The van der Waals surface area contributed by atoms with Gasteiger partial charge in [-0.3, -0.25) is 4.79 Å². The van der Waals surface area contributed by atoms with E-state index in [0.717, 1.165) is 16.2 Å². The Bertz CT molecular complexity index is 588. The molecule has 2 aromatic heterocycles. The average molecular weight is 323 g/mol. The Morgan fingerprint density at radius 3 is 3.05 bits per heavy atom. The number of rotatable bonds is 5. The third-order valence-electron chi connectivity index (χ3n) is 3.49. The van der Waals surface area contributed by atoms with Crippen LogP contribution in [0.3, 0.4) is 0 Å². The molecule has 2 aromatic rings. The first kappa shape index (κ1) is 14.7. The molecule has 112 valence electrons. The summed E-state index contributed by atoms with van der Waals surface area (Å²) in [7, 11) is 0. The second-order valence-corrected chi connectivity index (χ2v) is 7.06. The number of hydrogen-bond acceptors (Lipinski definition) is 5. The van der Waals surface area contributed by atoms with Crippen molar-refractivity contribution in [3.05, 3.63) is 34.5 Å². The molecule has 1 fully saturated rings. The SMILES string of the molecule is O=C(NCC(O)c1ccc(-c2cccs2)s1)C1CCOC1. The smallest absolute Gasteiger partial charge is 0.225 e. The molecule has 0 aliphatic carbocycles. The number of carbonyl (C=O) groups excluding carboxylic acids is 1. The summed E-state index contributed by atoms with van der Waals surface area (Å²) in [5.74, 6) is -0.0937. The monoisotopic (exact) mass is 323 g/mol. The van der Waals surface area contributed by atoms with Crippen LogP contribution in [-0.4, -0.2) is 30.8 Å². The van der Waals surface area contributed by atoms with E-state index in [1.54, 1.807) is 22.7 Å². The van der Waals surface area contributed by atoms with Gasteiger partial charge in [0.1, 0.15) is 6.10 Å². The predicted octanol–water partition coefficient (Wildman–Crippen LogP) is 2.66. The lowest BCUT2D eigenvalue weighted by molar-refractivity contribution is -0.125. The number of nitrogens with one attached hydrogen (secondary N) is 1. The summed E-state index contributed by atoms with van der Waals surface area (Å²) in [6, 6.07) is 8.02. The zero-order valence-electron chi connectivity index (χ0n) is 11.5. The van der Waals surface area contributed by atoms with Crippen molar-refractivity contribution in [2.24, 2.45) is 5.92 Å². The van der Waals surface area contributed by atoms with E-state index in [-0.39, 0.29) is 18.4 Å². The van der Waals surface area contributed by atoms with Crippen LogP contribution in [0, 0.1) is 5.92 Å². The van der Waals surface area contributed by atoms with Gasteiger partial charge in [0, 0.05) is 27.8 Å². The Hall–Kier alpha value is -1.21. The van der Waals surface area contributed by atoms with Gasteiger partial charge in [0.05, 0.1) is 12.5 Å². The molecule has 0 radical (unpaired) electrons. The normalized spacial score (nSPS) is 19.6. The van der Waals surface area contributed by atoms with E-state index in [9.17, 15) is 9.90 Å². The van der Waals surface area contributed by atoms with Crippen LogP contribution < -0.4 is 5.32 Å². The molecule has 0 bridgehead atoms. The summed E-state index contributed by atoms with van der Waals surface area (Å²) >= 11 is 3.25. The zero-order valence-corrected chi connectivity index (χ0v) is 13.1. The number of aliphatic hydroxyl groups excluding tert-OH is 1. The minimum Gasteiger partial charge on any atom is -0.386 e. The summed E-state index contributed by atoms with van der Waals surface area (Å²) in [5.41, 5.74) is 0. The molecule has 2 N–H and O–H groups in total. The number of amides is 1. The highest BCUT2D eigenvalue weighted by Gasteiger charge is 2.24. The van der Waals surface area contributed by atoms with Gasteiger partial charge in [-0.15, -0.1) is 22.7 Å². The molecule has 2 unspecified atom stereocenters. The van der Waals surface area contributed by atoms with Crippen molar-refractivity contribution in [2.45, 2.75) is 12.5 Å². The fraction of sp³-hybridized carbons (Fsp3) is 0.400. The average Bonchev–Trinajstić information content (AvgIpc) is 3.25. The van der Waals surface area contributed by atoms with Gasteiger partial charge in [0.25, 0.3) is 0 Å². The summed E-state index contributed by atoms with van der Waals surface area (Å²) in [5, 5.41) is 15.0. The molecule has 0 spiro atoms. The van der Waals surface area contributed by atoms with Crippen molar-refractivity contribution in [1.29, 1.82) is 0 Å². The van der Waals surface area contributed by atoms with Gasteiger partial charge >= 0.3 is 0 Å². The van der Waals surface area contributed by atoms with E-state index < -0.39 is 6.10 Å². The number of carbonyl (C=O) groups is 1. The second kappa shape index (κ2) is 6.70. The topological polar surface area (TPSA) is 58.6 Å². The van der Waals surface area contributed by atoms with Crippen LogP contribution in [0.15, 0.2) is 29.6 Å². The van der Waals surface area contributed by atoms with E-state index in [1.807, 2.05) is 23.6 Å². The van der Waals surface area contributed by atoms with Crippen LogP contribution in [0.5, 0.6) is 0 Å². The highest BCUT2D eigenvalue weighted by Crippen LogP contribution is 2.33. The molecule has 1 aliphatic heterocycles. The summed E-state index contributed by atoms with van der Waals surface area (Å²) < 4.78 is 5.19. The lowest BCUT2D eigenvalue weighted by Crippen LogP contribution is -2.33. The Morgan fingerprint density at radius 2 is 2.33 bits per heavy atom. The van der Waals surface area contributed by atoms with Gasteiger partial charge in [-0.2, -0.15) is 0 Å². The van der Waals surface area contributed by atoms with Gasteiger partial charge in [0.15, 0.2) is 0 Å². The van der Waals surface area contributed by atoms with Crippen molar-refractivity contribution >= 4 is 28.6 Å². The van der Waals surface area contributed by atoms with E-state index in [1.165, 1.54) is 4.88 Å². The van der Waals surface area contributed by atoms with E-state index in [4.69, 9.17) is 4.74 Å². The highest BCUT2D eigenvalue weighted by molar-refractivity contribution is 7.21. The van der Waals surface area contributed by atoms with Gasteiger partial charge in [-0.25, -0.2) is 0 Å². The molecule has 1 aliphatic rings. The summed E-state index contributed by atoms with van der Waals surface area (Å²) in [4.78, 5) is 15.1. The van der Waals surface area contributed by atoms with Gasteiger partial charge < -0.3 is 15.2 Å². The first-order valence-corrected chi connectivity index (χ1v) is 8.61. The largest absolute Gasteiger partial charge is 0.386 e. The van der Waals surface area contributed by atoms with Crippen LogP contribution in [0.25, 0.3) is 9.75 Å². The third kappa shape index (κ3) is 3.52. The van der Waals surface area contributed by atoms with Crippen LogP contribution >= 0.6 is 22.7 Å². The molecular formula is C15H17NO3S2. The molecule has 1 amide bonds. The third-order valence-corrected chi connectivity index (χ3v) is 5.74. The lowest BCUT2D eigenvalue weighted by Gasteiger charge is -2.12. The molecule has 6 heteroatoms. The van der Waals surface area contributed by atoms with Crippen LogP contribution in [-0.2, 0) is 9.53 Å². The summed E-state index contributed by atoms with van der Waals surface area (Å²) in [6.07, 6.45) is 0.110. The Morgan fingerprint density at radius 1 is 1.43 bits per heavy atom. The Labute approximate surface area is 131 Å². The summed E-state index contributed by atoms with van der Waals surface area (Å²) in [6.45, 7) is 1.39. The first-order valence-electron chi connectivity index (χ1n) is 6.91. The van der Waals surface area contributed by atoms with Crippen molar-refractivity contribution in [2.75, 3.05) is 19.8 Å². The maximum absolute atomic E-state index is 11.9. The fourth-order valence-electron chi connectivity index (χ4n) is 2.27. The fourth-order valence-corrected chi connectivity index (χ4v) is 4.10. The molecule has 3 rings (SSSR count). The minimum absolute atomic E-state index is 0.0263. The standard InChI is InChI=1S/C15H17NO3S2/c17-11(8-16-15(18)10-5-6-19-9-10)12-3-4-14(21-12)13-2-1-7-20-13/h1-4,7,10-11,17H,5-6,8-9H2,(H,16,18). The minimum atomic E-state index is -0.657.